The minimum absolute atomic E-state index is 0. The lowest BCUT2D eigenvalue weighted by Gasteiger charge is -1.99. The van der Waals surface area contributed by atoms with Crippen LogP contribution in [0.25, 0.3) is 22.3 Å². The Bertz CT molecular complexity index is 769. The number of phenols is 2. The molecule has 21 heavy (non-hydrogen) atoms. The van der Waals surface area contributed by atoms with Gasteiger partial charge in [-0.2, -0.15) is 0 Å². The molecule has 0 unspecified atom stereocenters. The number of hydrogen-bond acceptors (Lipinski definition) is 3. The fraction of sp³-hybridized carbons (Fsp3) is 0.0625. The molecule has 108 valence electrons. The molecule has 0 amide bonds. The van der Waals surface area contributed by atoms with Gasteiger partial charge in [-0.25, -0.2) is 4.42 Å². The molecule has 0 aliphatic heterocycles. The molecule has 0 aliphatic rings. The molecule has 0 saturated carbocycles. The molecule has 5 heteroatoms. The van der Waals surface area contributed by atoms with Gasteiger partial charge in [-0.15, -0.1) is 0 Å². The van der Waals surface area contributed by atoms with E-state index in [1.807, 2.05) is 24.3 Å². The fourth-order valence-corrected chi connectivity index (χ4v) is 2.05. The Morgan fingerprint density at radius 2 is 1.62 bits per heavy atom. The van der Waals surface area contributed by atoms with E-state index in [1.165, 1.54) is 6.07 Å². The van der Waals surface area contributed by atoms with Gasteiger partial charge in [0.15, 0.2) is 11.5 Å². The highest BCUT2D eigenvalue weighted by Gasteiger charge is 2.18. The van der Waals surface area contributed by atoms with E-state index in [1.54, 1.807) is 25.3 Å². The molecule has 0 aliphatic carbocycles. The number of phenolic OH excluding ortho intramolecular Hbond substituents is 2. The van der Waals surface area contributed by atoms with Gasteiger partial charge in [0.05, 0.1) is 12.7 Å². The Kier molecular flexibility index (Phi) is 4.19. The van der Waals surface area contributed by atoms with Crippen LogP contribution in [0.5, 0.6) is 17.2 Å². The summed E-state index contributed by atoms with van der Waals surface area (Å²) in [6.07, 6.45) is 0. The van der Waals surface area contributed by atoms with Crippen LogP contribution in [0.3, 0.4) is 0 Å². The molecule has 1 aromatic heterocycles. The predicted molar refractivity (Wildman–Crippen MR) is 75.9 cm³/mol. The summed E-state index contributed by atoms with van der Waals surface area (Å²) < 4.78 is 10.9. The van der Waals surface area contributed by atoms with Crippen molar-refractivity contribution in [1.29, 1.82) is 0 Å². The highest BCUT2D eigenvalue weighted by atomic mass is 35.5. The van der Waals surface area contributed by atoms with Crippen molar-refractivity contribution in [2.75, 3.05) is 7.11 Å². The molecular formula is C16H13ClO4. The normalized spacial score (nSPS) is 10.1. The minimum Gasteiger partial charge on any atom is -1.00 e. The van der Waals surface area contributed by atoms with E-state index in [0.717, 1.165) is 11.3 Å². The molecule has 0 atom stereocenters. The third kappa shape index (κ3) is 2.71. The average molecular weight is 305 g/mol. The first-order valence-electron chi connectivity index (χ1n) is 6.11. The van der Waals surface area contributed by atoms with Crippen molar-refractivity contribution in [3.05, 3.63) is 48.5 Å². The lowest BCUT2D eigenvalue weighted by molar-refractivity contribution is -0.00000648. The van der Waals surface area contributed by atoms with Crippen LogP contribution in [0.4, 0.5) is 0 Å². The van der Waals surface area contributed by atoms with Crippen LogP contribution in [0, 0.1) is 0 Å². The molecule has 2 N–H and O–H groups in total. The predicted octanol–water partition coefficient (Wildman–Crippen LogP) is 0.805. The summed E-state index contributed by atoms with van der Waals surface area (Å²) in [6, 6.07) is 14.0. The summed E-state index contributed by atoms with van der Waals surface area (Å²) in [5.41, 5.74) is 1.41. The van der Waals surface area contributed by atoms with Gasteiger partial charge in [-0.1, -0.05) is 0 Å². The van der Waals surface area contributed by atoms with Crippen molar-refractivity contribution in [3.63, 3.8) is 0 Å². The summed E-state index contributed by atoms with van der Waals surface area (Å²) in [4.78, 5) is 0. The van der Waals surface area contributed by atoms with Crippen molar-refractivity contribution in [2.45, 2.75) is 0 Å². The summed E-state index contributed by atoms with van der Waals surface area (Å²) in [7, 11) is 1.62. The van der Waals surface area contributed by atoms with Gasteiger partial charge >= 0.3 is 11.3 Å². The van der Waals surface area contributed by atoms with E-state index in [-0.39, 0.29) is 23.9 Å². The number of hydrogen-bond donors (Lipinski definition) is 2. The summed E-state index contributed by atoms with van der Waals surface area (Å²) in [5.74, 6) is 1.11. The summed E-state index contributed by atoms with van der Waals surface area (Å²) in [6.45, 7) is 0. The molecule has 3 rings (SSSR count). The van der Waals surface area contributed by atoms with E-state index < -0.39 is 0 Å². The Morgan fingerprint density at radius 3 is 2.29 bits per heavy atom. The van der Waals surface area contributed by atoms with E-state index in [2.05, 4.69) is 0 Å². The smallest absolute Gasteiger partial charge is 0.364 e. The highest BCUT2D eigenvalue weighted by molar-refractivity contribution is 5.87. The largest absolute Gasteiger partial charge is 1.00 e. The first-order chi connectivity index (χ1) is 9.69. The zero-order valence-corrected chi connectivity index (χ0v) is 12.0. The highest BCUT2D eigenvalue weighted by Crippen LogP contribution is 2.35. The third-order valence-electron chi connectivity index (χ3n) is 3.15. The molecule has 0 saturated heterocycles. The Balaban J connectivity index is 0.00000161. The Hall–Kier alpha value is -2.46. The van der Waals surface area contributed by atoms with Gasteiger partial charge in [-0.05, 0) is 36.4 Å². The lowest BCUT2D eigenvalue weighted by Crippen LogP contribution is -3.00. The maximum absolute atomic E-state index is 9.76. The van der Waals surface area contributed by atoms with Crippen molar-refractivity contribution in [2.24, 2.45) is 0 Å². The number of halogens is 1. The molecule has 3 aromatic rings. The first kappa shape index (κ1) is 14.9. The first-order valence-corrected chi connectivity index (χ1v) is 6.11. The molecule has 4 nitrogen and oxygen atoms in total. The van der Waals surface area contributed by atoms with E-state index >= 15 is 0 Å². The topological polar surface area (TPSA) is 61.0 Å². The second-order valence-electron chi connectivity index (χ2n) is 4.37. The van der Waals surface area contributed by atoms with E-state index in [9.17, 15) is 10.2 Å². The molecule has 1 heterocycles. The van der Waals surface area contributed by atoms with E-state index in [4.69, 9.17) is 9.15 Å². The Labute approximate surface area is 127 Å². The van der Waals surface area contributed by atoms with Gasteiger partial charge in [0, 0.05) is 12.1 Å². The molecule has 0 radical (unpaired) electrons. The quantitative estimate of drug-likeness (QED) is 0.543. The maximum Gasteiger partial charge on any atom is 0.364 e. The van der Waals surface area contributed by atoms with Gasteiger partial charge in [0.1, 0.15) is 11.1 Å². The SMILES string of the molecule is COc1ccc(-c2ccc3c(O)c(O)ccc3[o+]2)cc1.[Cl-]. The van der Waals surface area contributed by atoms with Crippen LogP contribution in [0.1, 0.15) is 0 Å². The number of aromatic hydroxyl groups is 2. The fourth-order valence-electron chi connectivity index (χ4n) is 2.05. The van der Waals surface area contributed by atoms with Crippen LogP contribution in [-0.2, 0) is 0 Å². The average Bonchev–Trinajstić information content (AvgIpc) is 2.51. The van der Waals surface area contributed by atoms with Crippen LogP contribution in [0.15, 0.2) is 52.9 Å². The molecule has 0 bridgehead atoms. The number of ether oxygens (including phenoxy) is 1. The van der Waals surface area contributed by atoms with Crippen LogP contribution >= 0.6 is 0 Å². The van der Waals surface area contributed by atoms with Crippen molar-refractivity contribution >= 4 is 11.0 Å². The number of fused-ring (bicyclic) bond motifs is 1. The number of methoxy groups -OCH3 is 1. The van der Waals surface area contributed by atoms with Gasteiger partial charge in [0.25, 0.3) is 0 Å². The van der Waals surface area contributed by atoms with Gasteiger partial charge in [0.2, 0.25) is 0 Å². The monoisotopic (exact) mass is 304 g/mol. The lowest BCUT2D eigenvalue weighted by atomic mass is 10.1. The Morgan fingerprint density at radius 1 is 0.905 bits per heavy atom. The number of rotatable bonds is 2. The second-order valence-corrected chi connectivity index (χ2v) is 4.37. The molecular weight excluding hydrogens is 292 g/mol. The van der Waals surface area contributed by atoms with Gasteiger partial charge < -0.3 is 27.4 Å². The van der Waals surface area contributed by atoms with Crippen LogP contribution < -0.4 is 17.1 Å². The molecule has 2 aromatic carbocycles. The molecule has 0 fully saturated rings. The number of benzene rings is 2. The van der Waals surface area contributed by atoms with Crippen LogP contribution in [0.2, 0.25) is 0 Å². The summed E-state index contributed by atoms with van der Waals surface area (Å²) >= 11 is 0. The van der Waals surface area contributed by atoms with E-state index in [0.29, 0.717) is 16.7 Å². The zero-order chi connectivity index (χ0) is 14.1. The second kappa shape index (κ2) is 5.89. The maximum atomic E-state index is 9.76. The third-order valence-corrected chi connectivity index (χ3v) is 3.15. The van der Waals surface area contributed by atoms with Gasteiger partial charge in [-0.3, -0.25) is 0 Å². The van der Waals surface area contributed by atoms with Crippen molar-refractivity contribution < 1.29 is 31.8 Å². The van der Waals surface area contributed by atoms with Crippen molar-refractivity contribution in [1.82, 2.24) is 0 Å². The zero-order valence-electron chi connectivity index (χ0n) is 11.2. The summed E-state index contributed by atoms with van der Waals surface area (Å²) in [5, 5.41) is 19.7. The van der Waals surface area contributed by atoms with Crippen LogP contribution in [-0.4, -0.2) is 17.3 Å². The standard InChI is InChI=1S/C16H12O4.ClH/c1-19-11-4-2-10(3-5-11)14-8-6-12-15(20-14)9-7-13(17)16(12)18;/h2-9H,1H3,(H-,17,18);1H. The van der Waals surface area contributed by atoms with Crippen molar-refractivity contribution in [3.8, 4) is 28.6 Å². The molecule has 0 spiro atoms. The minimum atomic E-state index is -0.174.